The second-order valence-corrected chi connectivity index (χ2v) is 6.45. The number of hydrogen-bond acceptors (Lipinski definition) is 4. The highest BCUT2D eigenvalue weighted by Crippen LogP contribution is 2.40. The molecule has 1 atom stereocenters. The van der Waals surface area contributed by atoms with Crippen molar-refractivity contribution >= 4 is 5.82 Å². The summed E-state index contributed by atoms with van der Waals surface area (Å²) in [6, 6.07) is 10.5. The van der Waals surface area contributed by atoms with Crippen LogP contribution in [0.2, 0.25) is 0 Å². The molecular formula is C18H23N3O. The van der Waals surface area contributed by atoms with E-state index >= 15 is 0 Å². The minimum Gasteiger partial charge on any atom is -0.487 e. The minimum absolute atomic E-state index is 0.193. The zero-order valence-electron chi connectivity index (χ0n) is 13.7. The quantitative estimate of drug-likeness (QED) is 0.928. The molecule has 2 heterocycles. The van der Waals surface area contributed by atoms with Gasteiger partial charge in [-0.25, -0.2) is 9.97 Å². The Bertz CT molecular complexity index is 682. The Labute approximate surface area is 132 Å². The molecule has 0 saturated carbocycles. The summed E-state index contributed by atoms with van der Waals surface area (Å²) in [6.07, 6.45) is 1.81. The zero-order chi connectivity index (χ0) is 15.7. The van der Waals surface area contributed by atoms with Crippen molar-refractivity contribution in [2.75, 3.05) is 5.32 Å². The van der Waals surface area contributed by atoms with Gasteiger partial charge in [-0.3, -0.25) is 0 Å². The molecule has 1 aliphatic heterocycles. The number of rotatable bonds is 3. The number of aromatic nitrogens is 2. The summed E-state index contributed by atoms with van der Waals surface area (Å²) in [5, 5.41) is 3.58. The average Bonchev–Trinajstić information content (AvgIpc) is 2.45. The van der Waals surface area contributed by atoms with Crippen molar-refractivity contribution in [2.24, 2.45) is 0 Å². The van der Waals surface area contributed by atoms with Crippen molar-refractivity contribution in [3.63, 3.8) is 0 Å². The van der Waals surface area contributed by atoms with Crippen LogP contribution in [0.5, 0.6) is 5.75 Å². The number of fused-ring (bicyclic) bond motifs is 1. The maximum atomic E-state index is 6.08. The van der Waals surface area contributed by atoms with Gasteiger partial charge in [-0.15, -0.1) is 0 Å². The third-order valence-corrected chi connectivity index (χ3v) is 3.95. The summed E-state index contributed by atoms with van der Waals surface area (Å²) in [7, 11) is 0. The first kappa shape index (κ1) is 14.8. The van der Waals surface area contributed by atoms with Gasteiger partial charge in [0.05, 0.1) is 6.04 Å². The van der Waals surface area contributed by atoms with Crippen LogP contribution < -0.4 is 10.1 Å². The summed E-state index contributed by atoms with van der Waals surface area (Å²) >= 11 is 0. The largest absolute Gasteiger partial charge is 0.487 e. The SMILES string of the molecule is CCc1cc(NC2CC(C)(C)Oc3ccccc32)nc(C)n1. The molecule has 0 spiro atoms. The fourth-order valence-electron chi connectivity index (χ4n) is 2.99. The zero-order valence-corrected chi connectivity index (χ0v) is 13.7. The van der Waals surface area contributed by atoms with E-state index in [2.05, 4.69) is 48.2 Å². The summed E-state index contributed by atoms with van der Waals surface area (Å²) in [5.41, 5.74) is 2.06. The molecule has 1 aromatic carbocycles. The standard InChI is InChI=1S/C18H23N3O/c1-5-13-10-17(20-12(2)19-13)21-15-11-18(3,4)22-16-9-7-6-8-14(15)16/h6-10,15H,5,11H2,1-4H3,(H,19,20,21). The first-order valence-corrected chi connectivity index (χ1v) is 7.86. The molecule has 1 aliphatic rings. The average molecular weight is 297 g/mol. The Kier molecular flexibility index (Phi) is 3.77. The van der Waals surface area contributed by atoms with Gasteiger partial charge in [0.2, 0.25) is 0 Å². The van der Waals surface area contributed by atoms with Gasteiger partial charge in [-0.1, -0.05) is 25.1 Å². The summed E-state index contributed by atoms with van der Waals surface area (Å²) in [4.78, 5) is 8.98. The Morgan fingerprint density at radius 3 is 2.82 bits per heavy atom. The van der Waals surface area contributed by atoms with Gasteiger partial charge in [0.25, 0.3) is 0 Å². The van der Waals surface area contributed by atoms with Gasteiger partial charge < -0.3 is 10.1 Å². The van der Waals surface area contributed by atoms with E-state index < -0.39 is 0 Å². The molecule has 0 bridgehead atoms. The molecule has 116 valence electrons. The minimum atomic E-state index is -0.193. The third-order valence-electron chi connectivity index (χ3n) is 3.95. The summed E-state index contributed by atoms with van der Waals surface area (Å²) in [5.74, 6) is 2.65. The lowest BCUT2D eigenvalue weighted by Crippen LogP contribution is -2.37. The molecule has 22 heavy (non-hydrogen) atoms. The van der Waals surface area contributed by atoms with E-state index in [1.807, 2.05) is 25.1 Å². The molecule has 0 aliphatic carbocycles. The third kappa shape index (κ3) is 3.06. The number of nitrogens with zero attached hydrogens (tertiary/aromatic N) is 2. The van der Waals surface area contributed by atoms with Gasteiger partial charge in [0.1, 0.15) is 23.0 Å². The second-order valence-electron chi connectivity index (χ2n) is 6.45. The molecule has 1 unspecified atom stereocenters. The smallest absolute Gasteiger partial charge is 0.130 e. The van der Waals surface area contributed by atoms with Crippen molar-refractivity contribution in [1.82, 2.24) is 9.97 Å². The number of ether oxygens (including phenoxy) is 1. The van der Waals surface area contributed by atoms with E-state index in [-0.39, 0.29) is 11.6 Å². The van der Waals surface area contributed by atoms with Gasteiger partial charge in [-0.2, -0.15) is 0 Å². The fourth-order valence-corrected chi connectivity index (χ4v) is 2.99. The lowest BCUT2D eigenvalue weighted by atomic mass is 9.89. The Hall–Kier alpha value is -2.10. The first-order chi connectivity index (χ1) is 10.5. The van der Waals surface area contributed by atoms with Crippen LogP contribution in [0.4, 0.5) is 5.82 Å². The fraction of sp³-hybridized carbons (Fsp3) is 0.444. The van der Waals surface area contributed by atoms with Crippen LogP contribution >= 0.6 is 0 Å². The van der Waals surface area contributed by atoms with Crippen LogP contribution in [0.3, 0.4) is 0 Å². The van der Waals surface area contributed by atoms with Crippen LogP contribution in [0, 0.1) is 6.92 Å². The number of hydrogen-bond donors (Lipinski definition) is 1. The van der Waals surface area contributed by atoms with Crippen LogP contribution in [0.15, 0.2) is 30.3 Å². The molecule has 0 radical (unpaired) electrons. The number of para-hydroxylation sites is 1. The van der Waals surface area contributed by atoms with E-state index in [4.69, 9.17) is 4.74 Å². The second kappa shape index (κ2) is 5.59. The van der Waals surface area contributed by atoms with Gasteiger partial charge in [0, 0.05) is 23.7 Å². The van der Waals surface area contributed by atoms with E-state index in [9.17, 15) is 0 Å². The molecule has 0 fully saturated rings. The normalized spacial score (nSPS) is 19.2. The number of aryl methyl sites for hydroxylation is 2. The van der Waals surface area contributed by atoms with E-state index in [0.29, 0.717) is 0 Å². The van der Waals surface area contributed by atoms with Crippen LogP contribution in [0.25, 0.3) is 0 Å². The van der Waals surface area contributed by atoms with Crippen LogP contribution in [-0.2, 0) is 6.42 Å². The van der Waals surface area contributed by atoms with Crippen molar-refractivity contribution in [1.29, 1.82) is 0 Å². The molecular weight excluding hydrogens is 274 g/mol. The van der Waals surface area contributed by atoms with E-state index in [1.54, 1.807) is 0 Å². The lowest BCUT2D eigenvalue weighted by Gasteiger charge is -2.38. The number of nitrogens with one attached hydrogen (secondary N) is 1. The summed E-state index contributed by atoms with van der Waals surface area (Å²) < 4.78 is 6.08. The van der Waals surface area contributed by atoms with Crippen LogP contribution in [-0.4, -0.2) is 15.6 Å². The first-order valence-electron chi connectivity index (χ1n) is 7.86. The van der Waals surface area contributed by atoms with Gasteiger partial charge >= 0.3 is 0 Å². The molecule has 4 heteroatoms. The molecule has 1 aromatic heterocycles. The monoisotopic (exact) mass is 297 g/mol. The van der Waals surface area contributed by atoms with E-state index in [0.717, 1.165) is 35.9 Å². The van der Waals surface area contributed by atoms with Crippen molar-refractivity contribution in [3.8, 4) is 5.75 Å². The highest BCUT2D eigenvalue weighted by atomic mass is 16.5. The molecule has 3 rings (SSSR count). The van der Waals surface area contributed by atoms with Crippen LogP contribution in [0.1, 0.15) is 50.3 Å². The highest BCUT2D eigenvalue weighted by Gasteiger charge is 2.33. The maximum absolute atomic E-state index is 6.08. The van der Waals surface area contributed by atoms with Crippen molar-refractivity contribution < 1.29 is 4.74 Å². The topological polar surface area (TPSA) is 47.0 Å². The Morgan fingerprint density at radius 1 is 1.27 bits per heavy atom. The molecule has 4 nitrogen and oxygen atoms in total. The Balaban J connectivity index is 1.93. The Morgan fingerprint density at radius 2 is 2.05 bits per heavy atom. The predicted molar refractivity (Wildman–Crippen MR) is 88.3 cm³/mol. The van der Waals surface area contributed by atoms with E-state index in [1.165, 1.54) is 5.56 Å². The molecule has 0 saturated heterocycles. The number of benzene rings is 1. The summed E-state index contributed by atoms with van der Waals surface area (Å²) in [6.45, 7) is 8.30. The highest BCUT2D eigenvalue weighted by molar-refractivity contribution is 5.46. The lowest BCUT2D eigenvalue weighted by molar-refractivity contribution is 0.0758. The number of anilines is 1. The van der Waals surface area contributed by atoms with Gasteiger partial charge in [0.15, 0.2) is 0 Å². The molecule has 1 N–H and O–H groups in total. The maximum Gasteiger partial charge on any atom is 0.130 e. The molecule has 0 amide bonds. The predicted octanol–water partition coefficient (Wildman–Crippen LogP) is 4.06. The van der Waals surface area contributed by atoms with Crippen molar-refractivity contribution in [3.05, 3.63) is 47.4 Å². The van der Waals surface area contributed by atoms with Crippen molar-refractivity contribution in [2.45, 2.75) is 52.2 Å². The van der Waals surface area contributed by atoms with Gasteiger partial charge in [-0.05, 0) is 33.3 Å². The molecule has 2 aromatic rings.